The minimum absolute atomic E-state index is 0.0793. The second kappa shape index (κ2) is 39.3. The molecule has 7 atom stereocenters. The second-order valence-corrected chi connectivity index (χ2v) is 29.2. The van der Waals surface area contributed by atoms with Gasteiger partial charge in [0.15, 0.2) is 0 Å². The van der Waals surface area contributed by atoms with Crippen LogP contribution in [0.1, 0.15) is 311 Å². The Balaban J connectivity index is 0.000000308. The van der Waals surface area contributed by atoms with Crippen molar-refractivity contribution >= 4 is 12.1 Å². The summed E-state index contributed by atoms with van der Waals surface area (Å²) in [5.41, 5.74) is 6.85. The summed E-state index contributed by atoms with van der Waals surface area (Å²) in [5, 5.41) is 0. The van der Waals surface area contributed by atoms with E-state index in [0.29, 0.717) is 47.5 Å². The molecule has 0 heterocycles. The third kappa shape index (κ3) is 29.5. The summed E-state index contributed by atoms with van der Waals surface area (Å²) < 4.78 is 39.9. The van der Waals surface area contributed by atoms with Crippen molar-refractivity contribution < 1.29 is 42.7 Å². The van der Waals surface area contributed by atoms with E-state index < -0.39 is 23.0 Å². The first kappa shape index (κ1) is 81.5. The third-order valence-corrected chi connectivity index (χ3v) is 17.8. The lowest BCUT2D eigenvalue weighted by Crippen LogP contribution is -2.45. The number of carbonyl (C=O) groups excluding carboxylic acids is 2. The molecule has 0 radical (unpaired) electrons. The highest BCUT2D eigenvalue weighted by Crippen LogP contribution is 2.37. The molecule has 94 heavy (non-hydrogen) atoms. The number of carbonyl (C=O) groups is 2. The van der Waals surface area contributed by atoms with E-state index in [2.05, 4.69) is 207 Å². The van der Waals surface area contributed by atoms with Crippen LogP contribution in [0.15, 0.2) is 146 Å². The van der Waals surface area contributed by atoms with Crippen LogP contribution in [0, 0.1) is 6.92 Å². The minimum Gasteiger partial charge on any atom is -0.488 e. The maximum Gasteiger partial charge on any atom is 0.514 e. The third-order valence-electron chi connectivity index (χ3n) is 17.8. The molecular weight excluding hydrogens is 1160 g/mol. The Morgan fingerprint density at radius 3 is 1.18 bits per heavy atom. The molecule has 0 saturated heterocycles. The lowest BCUT2D eigenvalue weighted by atomic mass is 9.82. The minimum atomic E-state index is -0.967. The van der Waals surface area contributed by atoms with Gasteiger partial charge in [-0.3, -0.25) is 0 Å². The second-order valence-electron chi connectivity index (χ2n) is 29.2. The van der Waals surface area contributed by atoms with Crippen molar-refractivity contribution in [3.05, 3.63) is 185 Å². The lowest BCUT2D eigenvalue weighted by molar-refractivity contribution is -0.172. The Morgan fingerprint density at radius 2 is 0.809 bits per heavy atom. The van der Waals surface area contributed by atoms with Crippen LogP contribution in [0.25, 0.3) is 0 Å². The van der Waals surface area contributed by atoms with E-state index in [9.17, 15) is 9.59 Å². The Morgan fingerprint density at radius 1 is 0.426 bits per heavy atom. The van der Waals surface area contributed by atoms with Crippen molar-refractivity contribution in [3.63, 3.8) is 0 Å². The first-order valence-electron chi connectivity index (χ1n) is 35.6. The number of hydrogen-bond donors (Lipinski definition) is 0. The summed E-state index contributed by atoms with van der Waals surface area (Å²) >= 11 is 0. The molecule has 6 aromatic rings. The normalized spacial score (nSPS) is 15.3. The molecule has 0 amide bonds. The molecule has 1 fully saturated rings. The predicted octanol–water partition coefficient (Wildman–Crippen LogP) is 25.3. The molecule has 6 aromatic carbocycles. The molecule has 1 aliphatic carbocycles. The van der Waals surface area contributed by atoms with E-state index in [1.165, 1.54) is 84.7 Å². The van der Waals surface area contributed by atoms with Crippen LogP contribution in [0.5, 0.6) is 28.7 Å². The maximum atomic E-state index is 12.4. The number of ether oxygens (including phenoxy) is 7. The van der Waals surface area contributed by atoms with Gasteiger partial charge in [-0.15, -0.1) is 0 Å². The molecule has 0 aliphatic heterocycles. The van der Waals surface area contributed by atoms with Crippen LogP contribution in [-0.2, 0) is 14.3 Å². The average Bonchev–Trinajstić information content (AvgIpc) is 0.918. The predicted molar refractivity (Wildman–Crippen MR) is 395 cm³/mol. The highest BCUT2D eigenvalue weighted by molar-refractivity contribution is 5.80. The zero-order valence-electron chi connectivity index (χ0n) is 63.0. The van der Waals surface area contributed by atoms with Gasteiger partial charge in [-0.05, 0) is 277 Å². The van der Waals surface area contributed by atoms with Gasteiger partial charge in [0.25, 0.3) is 0 Å². The fourth-order valence-corrected chi connectivity index (χ4v) is 10.3. The molecule has 0 bridgehead atoms. The fraction of sp³-hybridized carbons (Fsp3) is 0.553. The quantitative estimate of drug-likeness (QED) is 0.0486. The van der Waals surface area contributed by atoms with Crippen LogP contribution < -0.4 is 23.7 Å². The van der Waals surface area contributed by atoms with Gasteiger partial charge in [0.05, 0.1) is 0 Å². The Kier molecular flexibility index (Phi) is 34.1. The number of hydrogen-bond acceptors (Lipinski definition) is 9. The first-order chi connectivity index (χ1) is 44.1. The van der Waals surface area contributed by atoms with Gasteiger partial charge in [-0.25, -0.2) is 9.59 Å². The number of rotatable bonds is 22. The van der Waals surface area contributed by atoms with Gasteiger partial charge in [0.1, 0.15) is 57.3 Å². The molecule has 0 aromatic heterocycles. The molecule has 9 nitrogen and oxygen atoms in total. The van der Waals surface area contributed by atoms with Gasteiger partial charge < -0.3 is 33.2 Å². The number of esters is 1. The molecule has 7 rings (SSSR count). The first-order valence-corrected chi connectivity index (χ1v) is 35.6. The Bertz CT molecular complexity index is 3050. The van der Waals surface area contributed by atoms with Gasteiger partial charge in [0, 0.05) is 0 Å². The maximum absolute atomic E-state index is 12.4. The lowest BCUT2D eigenvalue weighted by Gasteiger charge is -2.37. The van der Waals surface area contributed by atoms with Gasteiger partial charge >= 0.3 is 12.1 Å². The van der Waals surface area contributed by atoms with E-state index in [-0.39, 0.29) is 23.3 Å². The SMILES string of the molecule is CCC(C)c1ccc(OC(=O)OC(C)(C)C)c(C)c1.CCC(C)c1ccc(OC(C)(C)C)cc1.CCC(C)c1ccc(OC(C)(CC)C(=O)OC(C)(C)C)cc1.CCC(C)c1ccc(OC(C)c2ccccc2)cc1.CCC(C)c1ccc(OC2(CC)CCCCC2)cc1. The van der Waals surface area contributed by atoms with E-state index in [1.807, 2.05) is 97.9 Å². The molecule has 1 aliphatic rings. The molecule has 0 spiro atoms. The fourth-order valence-electron chi connectivity index (χ4n) is 10.3. The molecule has 7 unspecified atom stereocenters. The van der Waals surface area contributed by atoms with E-state index in [1.54, 1.807) is 6.92 Å². The highest BCUT2D eigenvalue weighted by atomic mass is 16.7. The molecule has 9 heteroatoms. The summed E-state index contributed by atoms with van der Waals surface area (Å²) in [6, 6.07) is 49.9. The zero-order valence-corrected chi connectivity index (χ0v) is 63.0. The van der Waals surface area contributed by atoms with Crippen LogP contribution in [0.3, 0.4) is 0 Å². The Hall–Kier alpha value is -6.74. The van der Waals surface area contributed by atoms with Crippen molar-refractivity contribution in [1.29, 1.82) is 0 Å². The van der Waals surface area contributed by atoms with Crippen LogP contribution in [0.2, 0.25) is 0 Å². The summed E-state index contributed by atoms with van der Waals surface area (Å²) in [6.45, 7) is 49.4. The Labute approximate surface area is 572 Å². The summed E-state index contributed by atoms with van der Waals surface area (Å²) in [5.74, 6) is 6.79. The summed E-state index contributed by atoms with van der Waals surface area (Å²) in [7, 11) is 0. The topological polar surface area (TPSA) is 98.8 Å². The van der Waals surface area contributed by atoms with Crippen molar-refractivity contribution in [3.8, 4) is 28.7 Å². The zero-order chi connectivity index (χ0) is 70.5. The standard InChI is InChI=1S/C19H30O3.C18H22O.C18H28O.C16H24O3.C14H22O/c1-8-14(3)15-10-12-16(13-11-15)21-19(7,9-2)17(20)22-18(4,5)6;1-4-14(2)16-10-12-18(13-11-16)19-15(3)17-8-6-5-7-9-17;1-4-15(3)16-9-11-17(12-10-16)19-18(5-2)13-7-6-8-14-18;1-7-11(2)13-8-9-14(12(3)10-13)18-15(17)19-16(4,5)6;1-6-11(2)12-7-9-13(10-8-12)15-14(3,4)5/h10-14H,8-9H2,1-7H3;5-15H,4H2,1-3H3;9-12,15H,4-8,13-14H2,1-3H3;8-11H,7H2,1-6H3;7-11H,6H2,1-5H3. The molecule has 0 N–H and O–H groups in total. The van der Waals surface area contributed by atoms with Crippen molar-refractivity contribution in [1.82, 2.24) is 0 Å². The number of aryl methyl sites for hydroxylation is 1. The van der Waals surface area contributed by atoms with Crippen LogP contribution >= 0.6 is 0 Å². The largest absolute Gasteiger partial charge is 0.514 e. The van der Waals surface area contributed by atoms with E-state index in [0.717, 1.165) is 42.1 Å². The number of benzene rings is 6. The van der Waals surface area contributed by atoms with Crippen molar-refractivity contribution in [2.24, 2.45) is 0 Å². The molecule has 1 saturated carbocycles. The van der Waals surface area contributed by atoms with Crippen molar-refractivity contribution in [2.75, 3.05) is 0 Å². The van der Waals surface area contributed by atoms with Crippen LogP contribution in [-0.4, -0.2) is 40.1 Å². The van der Waals surface area contributed by atoms with Gasteiger partial charge in [-0.1, -0.05) is 181 Å². The molecule has 520 valence electrons. The van der Waals surface area contributed by atoms with Crippen molar-refractivity contribution in [2.45, 2.75) is 307 Å². The smallest absolute Gasteiger partial charge is 0.488 e. The monoisotopic (exact) mass is 1290 g/mol. The van der Waals surface area contributed by atoms with Crippen LogP contribution in [0.4, 0.5) is 4.79 Å². The van der Waals surface area contributed by atoms with Gasteiger partial charge in [0.2, 0.25) is 5.60 Å². The molecular formula is C85H126O9. The summed E-state index contributed by atoms with van der Waals surface area (Å²) in [4.78, 5) is 24.0. The highest BCUT2D eigenvalue weighted by Gasteiger charge is 2.38. The summed E-state index contributed by atoms with van der Waals surface area (Å²) in [6.07, 6.45) is 13.3. The van der Waals surface area contributed by atoms with Gasteiger partial charge in [-0.2, -0.15) is 0 Å². The van der Waals surface area contributed by atoms with E-state index >= 15 is 0 Å². The average molecular weight is 1290 g/mol. The van der Waals surface area contributed by atoms with E-state index in [4.69, 9.17) is 33.2 Å².